The summed E-state index contributed by atoms with van der Waals surface area (Å²) in [5, 5.41) is 5.13. The highest BCUT2D eigenvalue weighted by atomic mass is 32.2. The standard InChI is InChI=1S/C18H18N4O3S2/c1-12-3-4-13(10-19-12)9-17(23)21-18-20-16(11-26-18)14-5-7-15(8-6-14)22-27(2,24)25/h3-8,10-11,22H,9H2,1-2H3,(H,20,21,23). The number of pyridine rings is 1. The maximum absolute atomic E-state index is 12.2. The fourth-order valence-electron chi connectivity index (χ4n) is 2.34. The Bertz CT molecular complexity index is 1040. The van der Waals surface area contributed by atoms with Crippen LogP contribution in [0, 0.1) is 6.92 Å². The van der Waals surface area contributed by atoms with E-state index in [9.17, 15) is 13.2 Å². The van der Waals surface area contributed by atoms with E-state index >= 15 is 0 Å². The second kappa shape index (κ2) is 7.85. The zero-order valence-corrected chi connectivity index (χ0v) is 16.4. The number of nitrogens with one attached hydrogen (secondary N) is 2. The number of aromatic nitrogens is 2. The molecule has 1 amide bonds. The lowest BCUT2D eigenvalue weighted by atomic mass is 10.1. The summed E-state index contributed by atoms with van der Waals surface area (Å²) in [4.78, 5) is 20.7. The first-order chi connectivity index (χ1) is 12.8. The molecule has 0 aliphatic rings. The second-order valence-corrected chi connectivity index (χ2v) is 8.63. The van der Waals surface area contributed by atoms with E-state index in [1.807, 2.05) is 24.4 Å². The van der Waals surface area contributed by atoms with Gasteiger partial charge in [0.25, 0.3) is 0 Å². The van der Waals surface area contributed by atoms with Crippen molar-refractivity contribution in [1.82, 2.24) is 9.97 Å². The molecule has 2 aromatic heterocycles. The molecule has 0 fully saturated rings. The van der Waals surface area contributed by atoms with Crippen LogP contribution in [0.1, 0.15) is 11.3 Å². The second-order valence-electron chi connectivity index (χ2n) is 6.02. The van der Waals surface area contributed by atoms with Gasteiger partial charge in [0.1, 0.15) is 0 Å². The summed E-state index contributed by atoms with van der Waals surface area (Å²) in [6, 6.07) is 10.6. The molecule has 0 atom stereocenters. The van der Waals surface area contributed by atoms with Crippen molar-refractivity contribution in [2.24, 2.45) is 0 Å². The van der Waals surface area contributed by atoms with Crippen LogP contribution < -0.4 is 10.0 Å². The highest BCUT2D eigenvalue weighted by molar-refractivity contribution is 7.92. The number of nitrogens with zero attached hydrogens (tertiary/aromatic N) is 2. The van der Waals surface area contributed by atoms with Crippen molar-refractivity contribution in [3.8, 4) is 11.3 Å². The van der Waals surface area contributed by atoms with Gasteiger partial charge in [-0.2, -0.15) is 0 Å². The summed E-state index contributed by atoms with van der Waals surface area (Å²) < 4.78 is 24.9. The zero-order chi connectivity index (χ0) is 19.4. The minimum Gasteiger partial charge on any atom is -0.302 e. The third kappa shape index (κ3) is 5.60. The third-order valence-electron chi connectivity index (χ3n) is 3.57. The Labute approximate surface area is 161 Å². The first-order valence-electron chi connectivity index (χ1n) is 8.04. The van der Waals surface area contributed by atoms with Crippen molar-refractivity contribution >= 4 is 38.1 Å². The Morgan fingerprint density at radius 3 is 2.52 bits per heavy atom. The Hall–Kier alpha value is -2.78. The number of amides is 1. The molecule has 140 valence electrons. The largest absolute Gasteiger partial charge is 0.302 e. The molecule has 0 radical (unpaired) electrons. The van der Waals surface area contributed by atoms with Gasteiger partial charge in [-0.3, -0.25) is 14.5 Å². The van der Waals surface area contributed by atoms with E-state index in [0.29, 0.717) is 16.5 Å². The Kier molecular flexibility index (Phi) is 5.52. The van der Waals surface area contributed by atoms with Crippen molar-refractivity contribution in [3.63, 3.8) is 0 Å². The molecule has 2 N–H and O–H groups in total. The number of carbonyl (C=O) groups is 1. The molecule has 3 aromatic rings. The summed E-state index contributed by atoms with van der Waals surface area (Å²) in [6.07, 6.45) is 3.02. The molecule has 1 aromatic carbocycles. The van der Waals surface area contributed by atoms with Crippen molar-refractivity contribution in [2.45, 2.75) is 13.3 Å². The monoisotopic (exact) mass is 402 g/mol. The van der Waals surface area contributed by atoms with Crippen molar-refractivity contribution < 1.29 is 13.2 Å². The van der Waals surface area contributed by atoms with Gasteiger partial charge in [0, 0.05) is 28.5 Å². The number of aryl methyl sites for hydroxylation is 1. The fraction of sp³-hybridized carbons (Fsp3) is 0.167. The predicted molar refractivity (Wildman–Crippen MR) is 107 cm³/mol. The highest BCUT2D eigenvalue weighted by Crippen LogP contribution is 2.26. The Morgan fingerprint density at radius 2 is 1.89 bits per heavy atom. The predicted octanol–water partition coefficient (Wildman–Crippen LogP) is 3.07. The first-order valence-corrected chi connectivity index (χ1v) is 10.8. The number of hydrogen-bond donors (Lipinski definition) is 2. The first kappa shape index (κ1) is 19.0. The maximum atomic E-state index is 12.2. The molecule has 7 nitrogen and oxygen atoms in total. The van der Waals surface area contributed by atoms with Gasteiger partial charge in [-0.05, 0) is 30.7 Å². The van der Waals surface area contributed by atoms with E-state index in [0.717, 1.165) is 23.1 Å². The number of carbonyl (C=O) groups excluding carboxylic acids is 1. The SMILES string of the molecule is Cc1ccc(CC(=O)Nc2nc(-c3ccc(NS(C)(=O)=O)cc3)cs2)cn1. The Morgan fingerprint density at radius 1 is 1.15 bits per heavy atom. The van der Waals surface area contributed by atoms with Gasteiger partial charge in [-0.1, -0.05) is 18.2 Å². The smallest absolute Gasteiger partial charge is 0.230 e. The number of anilines is 2. The third-order valence-corrected chi connectivity index (χ3v) is 4.94. The summed E-state index contributed by atoms with van der Waals surface area (Å²) in [7, 11) is -3.31. The molecule has 0 aliphatic heterocycles. The highest BCUT2D eigenvalue weighted by Gasteiger charge is 2.10. The van der Waals surface area contributed by atoms with Crippen LogP contribution in [-0.2, 0) is 21.2 Å². The quantitative estimate of drug-likeness (QED) is 0.660. The molecule has 0 saturated heterocycles. The van der Waals surface area contributed by atoms with E-state index in [2.05, 4.69) is 20.0 Å². The lowest BCUT2D eigenvalue weighted by Gasteiger charge is -2.04. The summed E-state index contributed by atoms with van der Waals surface area (Å²) in [5.74, 6) is -0.158. The number of sulfonamides is 1. The van der Waals surface area contributed by atoms with E-state index in [-0.39, 0.29) is 12.3 Å². The van der Waals surface area contributed by atoms with Crippen LogP contribution in [0.2, 0.25) is 0 Å². The van der Waals surface area contributed by atoms with Crippen LogP contribution >= 0.6 is 11.3 Å². The van der Waals surface area contributed by atoms with E-state index in [1.54, 1.807) is 30.5 Å². The summed E-state index contributed by atoms with van der Waals surface area (Å²) in [5.41, 5.74) is 3.76. The van der Waals surface area contributed by atoms with Gasteiger partial charge >= 0.3 is 0 Å². The van der Waals surface area contributed by atoms with Crippen molar-refractivity contribution in [2.75, 3.05) is 16.3 Å². The Balaban J connectivity index is 1.64. The minimum absolute atomic E-state index is 0.158. The fourth-order valence-corrected chi connectivity index (χ4v) is 3.64. The molecule has 0 bridgehead atoms. The molecule has 0 saturated carbocycles. The van der Waals surface area contributed by atoms with E-state index in [4.69, 9.17) is 0 Å². The lowest BCUT2D eigenvalue weighted by molar-refractivity contribution is -0.115. The average Bonchev–Trinajstić information content (AvgIpc) is 3.04. The molecule has 0 aliphatic carbocycles. The number of hydrogen-bond acceptors (Lipinski definition) is 6. The van der Waals surface area contributed by atoms with Crippen LogP contribution in [0.25, 0.3) is 11.3 Å². The minimum atomic E-state index is -3.31. The molecule has 27 heavy (non-hydrogen) atoms. The van der Waals surface area contributed by atoms with Gasteiger partial charge < -0.3 is 5.32 Å². The normalized spacial score (nSPS) is 11.2. The van der Waals surface area contributed by atoms with Crippen molar-refractivity contribution in [3.05, 3.63) is 59.2 Å². The van der Waals surface area contributed by atoms with Crippen molar-refractivity contribution in [1.29, 1.82) is 0 Å². The number of benzene rings is 1. The number of rotatable bonds is 6. The van der Waals surface area contributed by atoms with Gasteiger partial charge in [0.05, 0.1) is 18.4 Å². The summed E-state index contributed by atoms with van der Waals surface area (Å²) >= 11 is 1.33. The van der Waals surface area contributed by atoms with E-state index in [1.165, 1.54) is 11.3 Å². The maximum Gasteiger partial charge on any atom is 0.230 e. The van der Waals surface area contributed by atoms with Crippen LogP contribution in [-0.4, -0.2) is 30.5 Å². The molecule has 0 unspecified atom stereocenters. The average molecular weight is 403 g/mol. The van der Waals surface area contributed by atoms with E-state index < -0.39 is 10.0 Å². The molecule has 0 spiro atoms. The molecular formula is C18H18N4O3S2. The van der Waals surface area contributed by atoms with Gasteiger partial charge in [-0.15, -0.1) is 11.3 Å². The van der Waals surface area contributed by atoms with Crippen LogP contribution in [0.5, 0.6) is 0 Å². The molecular weight excluding hydrogens is 384 g/mol. The lowest BCUT2D eigenvalue weighted by Crippen LogP contribution is -2.14. The molecule has 3 rings (SSSR count). The van der Waals surface area contributed by atoms with Gasteiger partial charge in [0.15, 0.2) is 5.13 Å². The number of thiazole rings is 1. The zero-order valence-electron chi connectivity index (χ0n) is 14.8. The summed E-state index contributed by atoms with van der Waals surface area (Å²) in [6.45, 7) is 1.89. The van der Waals surface area contributed by atoms with Crippen LogP contribution in [0.3, 0.4) is 0 Å². The van der Waals surface area contributed by atoms with Crippen LogP contribution in [0.15, 0.2) is 48.0 Å². The topological polar surface area (TPSA) is 101 Å². The molecule has 2 heterocycles. The van der Waals surface area contributed by atoms with Crippen LogP contribution in [0.4, 0.5) is 10.8 Å². The molecule has 9 heteroatoms. The van der Waals surface area contributed by atoms with Gasteiger partial charge in [-0.25, -0.2) is 13.4 Å². The van der Waals surface area contributed by atoms with Gasteiger partial charge in [0.2, 0.25) is 15.9 Å².